The minimum atomic E-state index is -0.820. The molecular weight excluding hydrogens is 528 g/mol. The van der Waals surface area contributed by atoms with E-state index in [0.717, 1.165) is 34.1 Å². The van der Waals surface area contributed by atoms with Gasteiger partial charge in [0.25, 0.3) is 11.8 Å². The minimum absolute atomic E-state index is 0.186. The van der Waals surface area contributed by atoms with Crippen LogP contribution in [0.3, 0.4) is 0 Å². The van der Waals surface area contributed by atoms with Crippen LogP contribution in [0.25, 0.3) is 16.8 Å². The van der Waals surface area contributed by atoms with Gasteiger partial charge in [-0.15, -0.1) is 0 Å². The normalized spacial score (nSPS) is 14.5. The number of urea groups is 1. The molecule has 1 saturated heterocycles. The summed E-state index contributed by atoms with van der Waals surface area (Å²) in [6.45, 7) is 2.84. The molecular formula is C32H27ClN2O5. The van der Waals surface area contributed by atoms with Crippen LogP contribution in [0.15, 0.2) is 90.5 Å². The Kier molecular flexibility index (Phi) is 8.12. The van der Waals surface area contributed by atoms with Crippen molar-refractivity contribution < 1.29 is 23.9 Å². The number of unbranched alkanes of at least 4 members (excludes halogenated alkanes) is 1. The van der Waals surface area contributed by atoms with Gasteiger partial charge in [-0.1, -0.05) is 73.5 Å². The van der Waals surface area contributed by atoms with E-state index in [9.17, 15) is 14.4 Å². The highest BCUT2D eigenvalue weighted by molar-refractivity contribution is 6.39. The first-order chi connectivity index (χ1) is 19.5. The molecule has 0 bridgehead atoms. The molecule has 4 aromatic rings. The second kappa shape index (κ2) is 12.1. The molecule has 1 aliphatic rings. The molecule has 0 saturated carbocycles. The molecule has 1 N–H and O–H groups in total. The van der Waals surface area contributed by atoms with Crippen LogP contribution < -0.4 is 19.7 Å². The number of rotatable bonds is 9. The second-order valence-electron chi connectivity index (χ2n) is 9.23. The molecule has 0 unspecified atom stereocenters. The summed E-state index contributed by atoms with van der Waals surface area (Å²) in [5, 5.41) is 4.54. The SMILES string of the molecule is CCCCOc1ccc(N2C(=O)NC(=O)/C(=C/c3c(OCc4ccccc4Cl)ccc4ccccc34)C2=O)cc1. The summed E-state index contributed by atoms with van der Waals surface area (Å²) in [6.07, 6.45) is 3.40. The average Bonchev–Trinajstić information content (AvgIpc) is 2.96. The fraction of sp³-hybridized carbons (Fsp3) is 0.156. The predicted molar refractivity (Wildman–Crippen MR) is 156 cm³/mol. The number of ether oxygens (including phenoxy) is 2. The van der Waals surface area contributed by atoms with E-state index in [4.69, 9.17) is 21.1 Å². The summed E-state index contributed by atoms with van der Waals surface area (Å²) in [5.74, 6) is -0.428. The molecule has 40 heavy (non-hydrogen) atoms. The zero-order valence-electron chi connectivity index (χ0n) is 21.9. The van der Waals surface area contributed by atoms with Crippen LogP contribution in [-0.4, -0.2) is 24.5 Å². The Morgan fingerprint density at radius 3 is 2.40 bits per heavy atom. The Hall–Kier alpha value is -4.62. The first kappa shape index (κ1) is 27.0. The summed E-state index contributed by atoms with van der Waals surface area (Å²) in [6, 6.07) is 24.4. The number of imide groups is 2. The maximum absolute atomic E-state index is 13.6. The lowest BCUT2D eigenvalue weighted by Crippen LogP contribution is -2.54. The molecule has 0 spiro atoms. The molecule has 1 fully saturated rings. The number of anilines is 1. The lowest BCUT2D eigenvalue weighted by Gasteiger charge is -2.26. The maximum Gasteiger partial charge on any atom is 0.335 e. The van der Waals surface area contributed by atoms with Crippen LogP contribution >= 0.6 is 11.6 Å². The number of carbonyl (C=O) groups excluding carboxylic acids is 3. The molecule has 7 nitrogen and oxygen atoms in total. The van der Waals surface area contributed by atoms with E-state index >= 15 is 0 Å². The molecule has 0 aromatic heterocycles. The van der Waals surface area contributed by atoms with Crippen LogP contribution in [-0.2, 0) is 16.2 Å². The Balaban J connectivity index is 1.50. The van der Waals surface area contributed by atoms with E-state index in [1.54, 1.807) is 36.4 Å². The monoisotopic (exact) mass is 554 g/mol. The summed E-state index contributed by atoms with van der Waals surface area (Å²) >= 11 is 6.31. The summed E-state index contributed by atoms with van der Waals surface area (Å²) in [5.41, 5.74) is 1.46. The molecule has 5 rings (SSSR count). The highest BCUT2D eigenvalue weighted by atomic mass is 35.5. The molecule has 1 heterocycles. The molecule has 0 aliphatic carbocycles. The number of amides is 4. The Bertz CT molecular complexity index is 1610. The van der Waals surface area contributed by atoms with Crippen molar-refractivity contribution in [2.45, 2.75) is 26.4 Å². The third-order valence-corrected chi connectivity index (χ3v) is 6.89. The third kappa shape index (κ3) is 5.70. The zero-order chi connectivity index (χ0) is 28.1. The van der Waals surface area contributed by atoms with Gasteiger partial charge >= 0.3 is 6.03 Å². The van der Waals surface area contributed by atoms with E-state index in [1.807, 2.05) is 48.5 Å². The van der Waals surface area contributed by atoms with Gasteiger partial charge in [0, 0.05) is 16.1 Å². The number of hydrogen-bond acceptors (Lipinski definition) is 5. The fourth-order valence-corrected chi connectivity index (χ4v) is 4.57. The topological polar surface area (TPSA) is 84.9 Å². The van der Waals surface area contributed by atoms with Crippen LogP contribution in [0.2, 0.25) is 5.02 Å². The number of benzene rings is 4. The number of nitrogens with one attached hydrogen (secondary N) is 1. The van der Waals surface area contributed by atoms with Crippen LogP contribution in [0.1, 0.15) is 30.9 Å². The van der Waals surface area contributed by atoms with Gasteiger partial charge in [0.2, 0.25) is 0 Å². The largest absolute Gasteiger partial charge is 0.494 e. The van der Waals surface area contributed by atoms with Crippen LogP contribution in [0.4, 0.5) is 10.5 Å². The standard InChI is InChI=1S/C32H27ClN2O5/c1-2-3-18-39-24-15-13-23(14-16-24)35-31(37)27(30(36)34-32(35)38)19-26-25-10-6-4-8-21(25)12-17-29(26)40-20-22-9-5-7-11-28(22)33/h4-17,19H,2-3,18,20H2,1H3,(H,34,36,38)/b27-19-. The van der Waals surface area contributed by atoms with E-state index in [1.165, 1.54) is 6.08 Å². The van der Waals surface area contributed by atoms with Gasteiger partial charge in [-0.3, -0.25) is 14.9 Å². The molecule has 1 aliphatic heterocycles. The molecule has 0 atom stereocenters. The Morgan fingerprint density at radius 1 is 0.875 bits per heavy atom. The highest BCUT2D eigenvalue weighted by Gasteiger charge is 2.37. The summed E-state index contributed by atoms with van der Waals surface area (Å²) < 4.78 is 11.8. The van der Waals surface area contributed by atoms with E-state index in [-0.39, 0.29) is 12.2 Å². The van der Waals surface area contributed by atoms with E-state index in [0.29, 0.717) is 34.4 Å². The predicted octanol–water partition coefficient (Wildman–Crippen LogP) is 6.92. The Morgan fingerprint density at radius 2 is 1.62 bits per heavy atom. The van der Waals surface area contributed by atoms with Gasteiger partial charge in [0.1, 0.15) is 23.7 Å². The maximum atomic E-state index is 13.6. The number of halogens is 1. The second-order valence-corrected chi connectivity index (χ2v) is 9.64. The number of nitrogens with zero attached hydrogens (tertiary/aromatic N) is 1. The van der Waals surface area contributed by atoms with Crippen molar-refractivity contribution in [1.29, 1.82) is 0 Å². The van der Waals surface area contributed by atoms with Crippen molar-refractivity contribution in [2.24, 2.45) is 0 Å². The van der Waals surface area contributed by atoms with Gasteiger partial charge in [-0.2, -0.15) is 0 Å². The average molecular weight is 555 g/mol. The van der Waals surface area contributed by atoms with E-state index in [2.05, 4.69) is 12.2 Å². The van der Waals surface area contributed by atoms with Crippen molar-refractivity contribution in [1.82, 2.24) is 5.32 Å². The molecule has 0 radical (unpaired) electrons. The Labute approximate surface area is 237 Å². The smallest absolute Gasteiger partial charge is 0.335 e. The quantitative estimate of drug-likeness (QED) is 0.138. The van der Waals surface area contributed by atoms with Crippen molar-refractivity contribution in [3.8, 4) is 11.5 Å². The van der Waals surface area contributed by atoms with Crippen LogP contribution in [0.5, 0.6) is 11.5 Å². The number of hydrogen-bond donors (Lipinski definition) is 1. The van der Waals surface area contributed by atoms with Crippen molar-refractivity contribution in [2.75, 3.05) is 11.5 Å². The summed E-state index contributed by atoms with van der Waals surface area (Å²) in [7, 11) is 0. The minimum Gasteiger partial charge on any atom is -0.494 e. The van der Waals surface area contributed by atoms with E-state index < -0.39 is 17.8 Å². The van der Waals surface area contributed by atoms with Crippen molar-refractivity contribution in [3.63, 3.8) is 0 Å². The van der Waals surface area contributed by atoms with Crippen LogP contribution in [0, 0.1) is 0 Å². The third-order valence-electron chi connectivity index (χ3n) is 6.52. The number of fused-ring (bicyclic) bond motifs is 1. The highest BCUT2D eigenvalue weighted by Crippen LogP contribution is 2.33. The first-order valence-electron chi connectivity index (χ1n) is 13.0. The number of barbiturate groups is 1. The molecule has 8 heteroatoms. The van der Waals surface area contributed by atoms with Crippen molar-refractivity contribution >= 4 is 52.0 Å². The van der Waals surface area contributed by atoms with Gasteiger partial charge in [0.15, 0.2) is 0 Å². The van der Waals surface area contributed by atoms with Gasteiger partial charge in [0.05, 0.1) is 12.3 Å². The lowest BCUT2D eigenvalue weighted by molar-refractivity contribution is -0.122. The summed E-state index contributed by atoms with van der Waals surface area (Å²) in [4.78, 5) is 40.2. The van der Waals surface area contributed by atoms with Gasteiger partial charge < -0.3 is 9.47 Å². The van der Waals surface area contributed by atoms with Crippen molar-refractivity contribution in [3.05, 3.63) is 107 Å². The fourth-order valence-electron chi connectivity index (χ4n) is 4.38. The molecule has 4 amide bonds. The zero-order valence-corrected chi connectivity index (χ0v) is 22.6. The van der Waals surface area contributed by atoms with Gasteiger partial charge in [-0.05, 0) is 59.7 Å². The first-order valence-corrected chi connectivity index (χ1v) is 13.4. The van der Waals surface area contributed by atoms with Gasteiger partial charge in [-0.25, -0.2) is 9.69 Å². The lowest BCUT2D eigenvalue weighted by atomic mass is 9.99. The molecule has 202 valence electrons. The number of carbonyl (C=O) groups is 3. The molecule has 4 aromatic carbocycles.